The Bertz CT molecular complexity index is 1070. The number of nitrogens with zero attached hydrogens (tertiary/aromatic N) is 1. The molecule has 1 amide bonds. The molecule has 174 valence electrons. The van der Waals surface area contributed by atoms with Crippen LogP contribution in [0.2, 0.25) is 0 Å². The highest BCUT2D eigenvalue weighted by atomic mass is 32.2. The van der Waals surface area contributed by atoms with Gasteiger partial charge < -0.3 is 24.6 Å². The number of hydrogen-bond donors (Lipinski definition) is 2. The molecule has 0 spiro atoms. The molecular weight excluding hydrogens is 456 g/mol. The summed E-state index contributed by atoms with van der Waals surface area (Å²) in [6.07, 6.45) is 0.296. The molecule has 2 aliphatic rings. The standard InChI is InChI=1S/C21H26N2O7S2/c1-14-4-7-20(31-14)32(26,27)23-8-2-3-15(11-23)21(25)22-10-16(24)12-28-17-5-6-18-19(9-17)30-13-29-18/h4-7,9,15-16,24H,2-3,8,10-13H2,1H3,(H,22,25). The van der Waals surface area contributed by atoms with E-state index in [9.17, 15) is 18.3 Å². The second-order valence-electron chi connectivity index (χ2n) is 7.79. The van der Waals surface area contributed by atoms with Gasteiger partial charge in [-0.2, -0.15) is 4.31 Å². The van der Waals surface area contributed by atoms with Crippen LogP contribution >= 0.6 is 11.3 Å². The predicted octanol–water partition coefficient (Wildman–Crippen LogP) is 1.74. The minimum atomic E-state index is -3.60. The van der Waals surface area contributed by atoms with E-state index in [2.05, 4.69) is 5.32 Å². The van der Waals surface area contributed by atoms with Crippen LogP contribution in [-0.2, 0) is 14.8 Å². The molecule has 11 heteroatoms. The van der Waals surface area contributed by atoms with Crippen LogP contribution in [-0.4, -0.2) is 62.9 Å². The van der Waals surface area contributed by atoms with E-state index < -0.39 is 22.0 Å². The minimum absolute atomic E-state index is 0.0107. The zero-order chi connectivity index (χ0) is 22.7. The van der Waals surface area contributed by atoms with Crippen LogP contribution in [0.15, 0.2) is 34.5 Å². The summed E-state index contributed by atoms with van der Waals surface area (Å²) in [7, 11) is -3.60. The summed E-state index contributed by atoms with van der Waals surface area (Å²) in [6, 6.07) is 8.51. The third kappa shape index (κ3) is 5.17. The summed E-state index contributed by atoms with van der Waals surface area (Å²) in [4.78, 5) is 13.5. The zero-order valence-corrected chi connectivity index (χ0v) is 19.3. The van der Waals surface area contributed by atoms with Gasteiger partial charge in [0, 0.05) is 30.6 Å². The largest absolute Gasteiger partial charge is 0.491 e. The lowest BCUT2D eigenvalue weighted by Crippen LogP contribution is -2.46. The summed E-state index contributed by atoms with van der Waals surface area (Å²) in [5, 5.41) is 12.9. The van der Waals surface area contributed by atoms with E-state index >= 15 is 0 Å². The van der Waals surface area contributed by atoms with Gasteiger partial charge in [0.15, 0.2) is 11.5 Å². The molecule has 1 fully saturated rings. The quantitative estimate of drug-likeness (QED) is 0.589. The number of aliphatic hydroxyl groups excluding tert-OH is 1. The Hall–Kier alpha value is -2.34. The number of carbonyl (C=O) groups is 1. The number of fused-ring (bicyclic) bond motifs is 1. The van der Waals surface area contributed by atoms with Crippen molar-refractivity contribution in [3.05, 3.63) is 35.2 Å². The van der Waals surface area contributed by atoms with Gasteiger partial charge in [0.25, 0.3) is 10.0 Å². The number of aliphatic hydroxyl groups is 1. The fourth-order valence-corrected chi connectivity index (χ4v) is 6.59. The molecule has 1 aromatic heterocycles. The molecular formula is C21H26N2O7S2. The van der Waals surface area contributed by atoms with Crippen LogP contribution in [0.25, 0.3) is 0 Å². The van der Waals surface area contributed by atoms with Crippen LogP contribution in [0.4, 0.5) is 0 Å². The van der Waals surface area contributed by atoms with Gasteiger partial charge in [-0.05, 0) is 44.0 Å². The maximum atomic E-state index is 12.9. The van der Waals surface area contributed by atoms with E-state index in [1.54, 1.807) is 30.3 Å². The molecule has 3 heterocycles. The number of thiophene rings is 1. The normalized spacial score (nSPS) is 19.5. The van der Waals surface area contributed by atoms with Crippen LogP contribution in [0.5, 0.6) is 17.2 Å². The Kier molecular flexibility index (Phi) is 6.89. The summed E-state index contributed by atoms with van der Waals surface area (Å²) in [5.74, 6) is 1.02. The van der Waals surface area contributed by atoms with Crippen molar-refractivity contribution in [1.29, 1.82) is 0 Å². The molecule has 2 aromatic rings. The lowest BCUT2D eigenvalue weighted by atomic mass is 9.99. The van der Waals surface area contributed by atoms with Gasteiger partial charge >= 0.3 is 0 Å². The summed E-state index contributed by atoms with van der Waals surface area (Å²) < 4.78 is 43.5. The first-order valence-corrected chi connectivity index (χ1v) is 12.6. The topological polar surface area (TPSA) is 114 Å². The van der Waals surface area contributed by atoms with Crippen molar-refractivity contribution < 1.29 is 32.5 Å². The van der Waals surface area contributed by atoms with Gasteiger partial charge in [-0.15, -0.1) is 11.3 Å². The average Bonchev–Trinajstić information content (AvgIpc) is 3.44. The molecule has 4 rings (SSSR count). The molecule has 0 bridgehead atoms. The van der Waals surface area contributed by atoms with E-state index in [4.69, 9.17) is 14.2 Å². The Morgan fingerprint density at radius 3 is 2.91 bits per heavy atom. The highest BCUT2D eigenvalue weighted by molar-refractivity contribution is 7.91. The van der Waals surface area contributed by atoms with E-state index in [0.29, 0.717) is 40.8 Å². The Balaban J connectivity index is 1.25. The first kappa shape index (κ1) is 22.8. The molecule has 2 N–H and O–H groups in total. The van der Waals surface area contributed by atoms with Crippen molar-refractivity contribution in [2.45, 2.75) is 30.1 Å². The van der Waals surface area contributed by atoms with Gasteiger partial charge in [0.2, 0.25) is 12.7 Å². The Labute approximate surface area is 190 Å². The highest BCUT2D eigenvalue weighted by Gasteiger charge is 2.34. The lowest BCUT2D eigenvalue weighted by Gasteiger charge is -2.31. The monoisotopic (exact) mass is 482 g/mol. The number of benzene rings is 1. The van der Waals surface area contributed by atoms with E-state index in [-0.39, 0.29) is 32.4 Å². The smallest absolute Gasteiger partial charge is 0.252 e. The van der Waals surface area contributed by atoms with Crippen molar-refractivity contribution in [3.8, 4) is 17.2 Å². The number of aryl methyl sites for hydroxylation is 1. The molecule has 0 saturated carbocycles. The molecule has 2 aliphatic heterocycles. The summed E-state index contributed by atoms with van der Waals surface area (Å²) >= 11 is 1.23. The lowest BCUT2D eigenvalue weighted by molar-refractivity contribution is -0.126. The predicted molar refractivity (Wildman–Crippen MR) is 118 cm³/mol. The average molecular weight is 483 g/mol. The number of carbonyl (C=O) groups excluding carboxylic acids is 1. The van der Waals surface area contributed by atoms with Gasteiger partial charge in [0.1, 0.15) is 22.7 Å². The molecule has 0 radical (unpaired) electrons. The molecule has 2 unspecified atom stereocenters. The second-order valence-corrected chi connectivity index (χ2v) is 11.2. The number of nitrogens with one attached hydrogen (secondary N) is 1. The molecule has 1 aromatic carbocycles. The number of rotatable bonds is 8. The Morgan fingerprint density at radius 2 is 2.12 bits per heavy atom. The first-order valence-electron chi connectivity index (χ1n) is 10.4. The van der Waals surface area contributed by atoms with Gasteiger partial charge in [-0.25, -0.2) is 8.42 Å². The maximum Gasteiger partial charge on any atom is 0.252 e. The molecule has 0 aliphatic carbocycles. The first-order chi connectivity index (χ1) is 15.3. The maximum absolute atomic E-state index is 12.9. The van der Waals surface area contributed by atoms with Crippen molar-refractivity contribution in [3.63, 3.8) is 0 Å². The van der Waals surface area contributed by atoms with Crippen molar-refractivity contribution >= 4 is 27.3 Å². The van der Waals surface area contributed by atoms with Gasteiger partial charge in [0.05, 0.1) is 5.92 Å². The van der Waals surface area contributed by atoms with Crippen LogP contribution in [0.1, 0.15) is 17.7 Å². The highest BCUT2D eigenvalue weighted by Crippen LogP contribution is 2.35. The number of ether oxygens (including phenoxy) is 3. The molecule has 32 heavy (non-hydrogen) atoms. The van der Waals surface area contributed by atoms with E-state index in [0.717, 1.165) is 4.88 Å². The number of hydrogen-bond acceptors (Lipinski definition) is 8. The third-order valence-corrected chi connectivity index (χ3v) is 8.70. The van der Waals surface area contributed by atoms with Gasteiger partial charge in [-0.3, -0.25) is 4.79 Å². The SMILES string of the molecule is Cc1ccc(S(=O)(=O)N2CCCC(C(=O)NCC(O)COc3ccc4c(c3)OCO4)C2)s1. The Morgan fingerprint density at radius 1 is 1.31 bits per heavy atom. The molecule has 9 nitrogen and oxygen atoms in total. The fraction of sp³-hybridized carbons (Fsp3) is 0.476. The van der Waals surface area contributed by atoms with Crippen LogP contribution in [0.3, 0.4) is 0 Å². The fourth-order valence-electron chi connectivity index (χ4n) is 3.63. The minimum Gasteiger partial charge on any atom is -0.491 e. The van der Waals surface area contributed by atoms with Crippen molar-refractivity contribution in [2.75, 3.05) is 33.0 Å². The van der Waals surface area contributed by atoms with Crippen LogP contribution < -0.4 is 19.5 Å². The molecule has 2 atom stereocenters. The van der Waals surface area contributed by atoms with Crippen molar-refractivity contribution in [2.24, 2.45) is 5.92 Å². The van der Waals surface area contributed by atoms with Crippen LogP contribution in [0, 0.1) is 12.8 Å². The number of piperidine rings is 1. The van der Waals surface area contributed by atoms with E-state index in [1.807, 2.05) is 6.92 Å². The number of amides is 1. The summed E-state index contributed by atoms with van der Waals surface area (Å²) in [6.45, 7) is 2.56. The van der Waals surface area contributed by atoms with E-state index in [1.165, 1.54) is 15.6 Å². The van der Waals surface area contributed by atoms with Crippen molar-refractivity contribution in [1.82, 2.24) is 9.62 Å². The third-order valence-electron chi connectivity index (χ3n) is 5.36. The molecule has 1 saturated heterocycles. The summed E-state index contributed by atoms with van der Waals surface area (Å²) in [5.41, 5.74) is 0. The second kappa shape index (κ2) is 9.65. The number of sulfonamides is 1. The zero-order valence-electron chi connectivity index (χ0n) is 17.7. The van der Waals surface area contributed by atoms with Gasteiger partial charge in [-0.1, -0.05) is 0 Å².